The smallest absolute Gasteiger partial charge is 0.264 e. The van der Waals surface area contributed by atoms with Crippen molar-refractivity contribution in [2.75, 3.05) is 26.1 Å². The molecule has 25 heavy (non-hydrogen) atoms. The molecule has 0 aliphatic heterocycles. The lowest BCUT2D eigenvalue weighted by molar-refractivity contribution is -0.118. The summed E-state index contributed by atoms with van der Waals surface area (Å²) in [5.41, 5.74) is 1.81. The van der Waals surface area contributed by atoms with E-state index in [-0.39, 0.29) is 12.5 Å². The zero-order chi connectivity index (χ0) is 17.8. The number of hydrogen-bond acceptors (Lipinski definition) is 6. The van der Waals surface area contributed by atoms with Gasteiger partial charge in [0.05, 0.1) is 24.4 Å². The Morgan fingerprint density at radius 3 is 2.64 bits per heavy atom. The second-order valence-electron chi connectivity index (χ2n) is 5.35. The van der Waals surface area contributed by atoms with Crippen LogP contribution < -0.4 is 19.5 Å². The Morgan fingerprint density at radius 1 is 1.16 bits per heavy atom. The molecular formula is C18H18N2O4S. The average molecular weight is 358 g/mol. The minimum atomic E-state index is -0.264. The lowest BCUT2D eigenvalue weighted by atomic mass is 10.2. The monoisotopic (exact) mass is 358 g/mol. The minimum Gasteiger partial charge on any atom is -0.493 e. The molecule has 1 heterocycles. The number of fused-ring (bicyclic) bond motifs is 1. The van der Waals surface area contributed by atoms with Crippen LogP contribution in [-0.2, 0) is 4.79 Å². The van der Waals surface area contributed by atoms with Crippen molar-refractivity contribution in [1.82, 2.24) is 4.98 Å². The van der Waals surface area contributed by atoms with Crippen molar-refractivity contribution in [3.05, 3.63) is 42.0 Å². The molecule has 0 atom stereocenters. The molecule has 0 unspecified atom stereocenters. The van der Waals surface area contributed by atoms with Gasteiger partial charge < -0.3 is 14.2 Å². The summed E-state index contributed by atoms with van der Waals surface area (Å²) < 4.78 is 16.9. The molecule has 0 saturated carbocycles. The Bertz CT molecular complexity index is 866. The third kappa shape index (κ3) is 4.00. The molecule has 0 aliphatic rings. The highest BCUT2D eigenvalue weighted by atomic mass is 32.1. The molecule has 1 N–H and O–H groups in total. The maximum absolute atomic E-state index is 12.1. The summed E-state index contributed by atoms with van der Waals surface area (Å²) in [7, 11) is 3.15. The van der Waals surface area contributed by atoms with Gasteiger partial charge in [0, 0.05) is 12.1 Å². The fourth-order valence-corrected chi connectivity index (χ4v) is 3.21. The van der Waals surface area contributed by atoms with Crippen LogP contribution in [0.5, 0.6) is 17.2 Å². The summed E-state index contributed by atoms with van der Waals surface area (Å²) in [5.74, 6) is 1.62. The van der Waals surface area contributed by atoms with Crippen LogP contribution in [0.1, 0.15) is 5.56 Å². The third-order valence-corrected chi connectivity index (χ3v) is 4.43. The van der Waals surface area contributed by atoms with E-state index in [0.717, 1.165) is 15.8 Å². The molecule has 0 radical (unpaired) electrons. The number of nitrogens with zero attached hydrogens (tertiary/aromatic N) is 1. The maximum atomic E-state index is 12.1. The first kappa shape index (κ1) is 17.0. The molecule has 1 amide bonds. The first-order valence-electron chi connectivity index (χ1n) is 7.61. The lowest BCUT2D eigenvalue weighted by Crippen LogP contribution is -2.20. The molecule has 2 aromatic carbocycles. The van der Waals surface area contributed by atoms with E-state index in [1.807, 2.05) is 37.3 Å². The van der Waals surface area contributed by atoms with E-state index >= 15 is 0 Å². The maximum Gasteiger partial charge on any atom is 0.264 e. The van der Waals surface area contributed by atoms with Crippen LogP contribution in [0.4, 0.5) is 5.13 Å². The van der Waals surface area contributed by atoms with E-state index in [2.05, 4.69) is 10.3 Å². The zero-order valence-corrected chi connectivity index (χ0v) is 15.0. The molecule has 0 fully saturated rings. The van der Waals surface area contributed by atoms with Crippen molar-refractivity contribution in [3.63, 3.8) is 0 Å². The van der Waals surface area contributed by atoms with Gasteiger partial charge >= 0.3 is 0 Å². The van der Waals surface area contributed by atoms with Crippen LogP contribution in [0.25, 0.3) is 10.2 Å². The third-order valence-electron chi connectivity index (χ3n) is 3.50. The Morgan fingerprint density at radius 2 is 1.92 bits per heavy atom. The number of anilines is 1. The number of aryl methyl sites for hydroxylation is 1. The molecule has 6 nitrogen and oxygen atoms in total. The molecular weight excluding hydrogens is 340 g/mol. The second kappa shape index (κ2) is 7.40. The lowest BCUT2D eigenvalue weighted by Gasteiger charge is -2.06. The summed E-state index contributed by atoms with van der Waals surface area (Å²) in [6.45, 7) is 1.89. The Kier molecular flexibility index (Phi) is 5.04. The first-order chi connectivity index (χ1) is 12.1. The zero-order valence-electron chi connectivity index (χ0n) is 14.2. The van der Waals surface area contributed by atoms with E-state index < -0.39 is 0 Å². The Hall–Kier alpha value is -2.80. The number of carbonyl (C=O) groups excluding carboxylic acids is 1. The van der Waals surface area contributed by atoms with Crippen LogP contribution in [0.15, 0.2) is 36.4 Å². The molecule has 3 aromatic rings. The van der Waals surface area contributed by atoms with Gasteiger partial charge in [0.1, 0.15) is 5.75 Å². The standard InChI is InChI=1S/C18H18N2O4S/c1-11-5-4-6-12(7-11)24-10-17(21)20-18-19-13-8-14(22-2)15(23-3)9-16(13)25-18/h4-9H,10H2,1-3H3,(H,19,20,21). The van der Waals surface area contributed by atoms with Gasteiger partial charge in [0.15, 0.2) is 23.2 Å². The topological polar surface area (TPSA) is 69.7 Å². The van der Waals surface area contributed by atoms with Crippen LogP contribution in [0.2, 0.25) is 0 Å². The fraction of sp³-hybridized carbons (Fsp3) is 0.222. The van der Waals surface area contributed by atoms with Gasteiger partial charge in [-0.15, -0.1) is 0 Å². The number of thiazole rings is 1. The van der Waals surface area contributed by atoms with Crippen LogP contribution in [-0.4, -0.2) is 31.7 Å². The predicted octanol–water partition coefficient (Wildman–Crippen LogP) is 3.64. The normalized spacial score (nSPS) is 10.5. The number of amides is 1. The highest BCUT2D eigenvalue weighted by Crippen LogP contribution is 2.36. The predicted molar refractivity (Wildman–Crippen MR) is 98.0 cm³/mol. The molecule has 1 aromatic heterocycles. The van der Waals surface area contributed by atoms with Crippen molar-refractivity contribution in [1.29, 1.82) is 0 Å². The molecule has 3 rings (SSSR count). The van der Waals surface area contributed by atoms with Gasteiger partial charge in [0.25, 0.3) is 5.91 Å². The van der Waals surface area contributed by atoms with E-state index in [9.17, 15) is 4.79 Å². The van der Waals surface area contributed by atoms with E-state index in [0.29, 0.717) is 22.4 Å². The number of nitrogens with one attached hydrogen (secondary N) is 1. The van der Waals surface area contributed by atoms with Gasteiger partial charge in [0.2, 0.25) is 0 Å². The largest absolute Gasteiger partial charge is 0.493 e. The summed E-state index contributed by atoms with van der Waals surface area (Å²) in [5, 5.41) is 3.26. The van der Waals surface area contributed by atoms with Crippen LogP contribution >= 0.6 is 11.3 Å². The van der Waals surface area contributed by atoms with Crippen molar-refractivity contribution in [2.45, 2.75) is 6.92 Å². The molecule has 7 heteroatoms. The number of rotatable bonds is 6. The van der Waals surface area contributed by atoms with E-state index in [4.69, 9.17) is 14.2 Å². The van der Waals surface area contributed by atoms with Crippen LogP contribution in [0.3, 0.4) is 0 Å². The number of aromatic nitrogens is 1. The van der Waals surface area contributed by atoms with Gasteiger partial charge in [-0.05, 0) is 24.6 Å². The van der Waals surface area contributed by atoms with Gasteiger partial charge in [-0.1, -0.05) is 23.5 Å². The minimum absolute atomic E-state index is 0.0774. The van der Waals surface area contributed by atoms with Gasteiger partial charge in [-0.25, -0.2) is 4.98 Å². The SMILES string of the molecule is COc1cc2nc(NC(=O)COc3cccc(C)c3)sc2cc1OC. The molecule has 0 saturated heterocycles. The molecule has 130 valence electrons. The van der Waals surface area contributed by atoms with Crippen LogP contribution in [0, 0.1) is 6.92 Å². The number of ether oxygens (including phenoxy) is 3. The Balaban J connectivity index is 1.68. The van der Waals surface area contributed by atoms with E-state index in [1.165, 1.54) is 11.3 Å². The summed E-state index contributed by atoms with van der Waals surface area (Å²) >= 11 is 1.36. The number of benzene rings is 2. The second-order valence-corrected chi connectivity index (χ2v) is 6.38. The quantitative estimate of drug-likeness (QED) is 0.728. The Labute approximate surface area is 149 Å². The van der Waals surface area contributed by atoms with Crippen molar-refractivity contribution < 1.29 is 19.0 Å². The first-order valence-corrected chi connectivity index (χ1v) is 8.42. The van der Waals surface area contributed by atoms with Gasteiger partial charge in [-0.2, -0.15) is 0 Å². The van der Waals surface area contributed by atoms with E-state index in [1.54, 1.807) is 20.3 Å². The van der Waals surface area contributed by atoms with Crippen molar-refractivity contribution in [3.8, 4) is 17.2 Å². The summed E-state index contributed by atoms with van der Waals surface area (Å²) in [6, 6.07) is 11.2. The molecule has 0 aliphatic carbocycles. The number of methoxy groups -OCH3 is 2. The van der Waals surface area contributed by atoms with Crippen molar-refractivity contribution >= 4 is 32.6 Å². The highest BCUT2D eigenvalue weighted by Gasteiger charge is 2.12. The number of hydrogen-bond donors (Lipinski definition) is 1. The molecule has 0 bridgehead atoms. The number of carbonyl (C=O) groups is 1. The van der Waals surface area contributed by atoms with Crippen molar-refractivity contribution in [2.24, 2.45) is 0 Å². The average Bonchev–Trinajstić information content (AvgIpc) is 2.99. The highest BCUT2D eigenvalue weighted by molar-refractivity contribution is 7.22. The molecule has 0 spiro atoms. The van der Waals surface area contributed by atoms with Gasteiger partial charge in [-0.3, -0.25) is 10.1 Å². The summed E-state index contributed by atoms with van der Waals surface area (Å²) in [6.07, 6.45) is 0. The fourth-order valence-electron chi connectivity index (χ4n) is 2.32. The summed E-state index contributed by atoms with van der Waals surface area (Å²) in [4.78, 5) is 16.5.